The van der Waals surface area contributed by atoms with Crippen molar-refractivity contribution in [2.75, 3.05) is 13.2 Å². The Bertz CT molecular complexity index is 775. The zero-order valence-corrected chi connectivity index (χ0v) is 15.1. The Labute approximate surface area is 157 Å². The standard InChI is InChI=1S/C20H22N2O5/c1-14(20(24)25)12-22(15-5-6-15)19(23)13-26-16-7-9-17(10-8-16)27-18-4-2-3-11-21-18/h2-4,7-11,14-15H,5-6,12-13H2,1H3,(H,24,25). The van der Waals surface area contributed by atoms with E-state index in [9.17, 15) is 9.59 Å². The van der Waals surface area contributed by atoms with Crippen molar-refractivity contribution in [3.8, 4) is 17.4 Å². The van der Waals surface area contributed by atoms with E-state index < -0.39 is 11.9 Å². The SMILES string of the molecule is CC(CN(C(=O)COc1ccc(Oc2ccccn2)cc1)C1CC1)C(=O)O. The summed E-state index contributed by atoms with van der Waals surface area (Å²) in [6.07, 6.45) is 3.48. The molecule has 1 fully saturated rings. The van der Waals surface area contributed by atoms with Crippen molar-refractivity contribution in [3.05, 3.63) is 48.7 Å². The molecule has 142 valence electrons. The number of carboxylic acids is 1. The molecule has 1 aromatic carbocycles. The zero-order chi connectivity index (χ0) is 19.2. The molecule has 1 aromatic heterocycles. The maximum atomic E-state index is 12.4. The fourth-order valence-electron chi connectivity index (χ4n) is 2.57. The number of hydrogen-bond donors (Lipinski definition) is 1. The quantitative estimate of drug-likeness (QED) is 0.730. The number of carbonyl (C=O) groups is 2. The number of benzene rings is 1. The van der Waals surface area contributed by atoms with Crippen LogP contribution in [0.25, 0.3) is 0 Å². The number of aromatic nitrogens is 1. The average molecular weight is 370 g/mol. The highest BCUT2D eigenvalue weighted by atomic mass is 16.5. The first-order valence-corrected chi connectivity index (χ1v) is 8.87. The van der Waals surface area contributed by atoms with Gasteiger partial charge in [0.1, 0.15) is 11.5 Å². The van der Waals surface area contributed by atoms with E-state index in [-0.39, 0.29) is 25.1 Å². The van der Waals surface area contributed by atoms with Gasteiger partial charge in [-0.1, -0.05) is 13.0 Å². The molecule has 27 heavy (non-hydrogen) atoms. The molecular formula is C20H22N2O5. The van der Waals surface area contributed by atoms with Crippen LogP contribution in [0, 0.1) is 5.92 Å². The van der Waals surface area contributed by atoms with E-state index in [1.165, 1.54) is 0 Å². The van der Waals surface area contributed by atoms with Crippen LogP contribution in [0.15, 0.2) is 48.7 Å². The minimum Gasteiger partial charge on any atom is -0.484 e. The Morgan fingerprint density at radius 3 is 2.48 bits per heavy atom. The lowest BCUT2D eigenvalue weighted by atomic mass is 10.1. The third-order valence-electron chi connectivity index (χ3n) is 4.25. The topological polar surface area (TPSA) is 89.0 Å². The van der Waals surface area contributed by atoms with Gasteiger partial charge >= 0.3 is 5.97 Å². The molecular weight excluding hydrogens is 348 g/mol. The van der Waals surface area contributed by atoms with E-state index in [0.717, 1.165) is 12.8 Å². The number of rotatable bonds is 9. The Morgan fingerprint density at radius 1 is 1.19 bits per heavy atom. The van der Waals surface area contributed by atoms with Crippen molar-refractivity contribution in [3.63, 3.8) is 0 Å². The lowest BCUT2D eigenvalue weighted by Crippen LogP contribution is -2.41. The van der Waals surface area contributed by atoms with E-state index >= 15 is 0 Å². The number of carboxylic acid groups (broad SMARTS) is 1. The molecule has 1 atom stereocenters. The minimum atomic E-state index is -0.905. The van der Waals surface area contributed by atoms with Gasteiger partial charge in [0.15, 0.2) is 6.61 Å². The first-order valence-electron chi connectivity index (χ1n) is 8.87. The second-order valence-electron chi connectivity index (χ2n) is 6.55. The van der Waals surface area contributed by atoms with E-state index in [1.54, 1.807) is 48.4 Å². The molecule has 7 heteroatoms. The normalized spacial score (nSPS) is 14.3. The average Bonchev–Trinajstić information content (AvgIpc) is 3.51. The van der Waals surface area contributed by atoms with E-state index in [0.29, 0.717) is 17.4 Å². The maximum Gasteiger partial charge on any atom is 0.308 e. The van der Waals surface area contributed by atoms with Gasteiger partial charge < -0.3 is 19.5 Å². The minimum absolute atomic E-state index is 0.122. The van der Waals surface area contributed by atoms with Crippen LogP contribution in [0.2, 0.25) is 0 Å². The molecule has 0 spiro atoms. The molecule has 1 heterocycles. The summed E-state index contributed by atoms with van der Waals surface area (Å²) in [5, 5.41) is 9.07. The second-order valence-corrected chi connectivity index (χ2v) is 6.55. The van der Waals surface area contributed by atoms with Crippen LogP contribution in [0.4, 0.5) is 0 Å². The molecule has 1 amide bonds. The van der Waals surface area contributed by atoms with Gasteiger partial charge in [-0.05, 0) is 43.2 Å². The van der Waals surface area contributed by atoms with E-state index in [2.05, 4.69) is 4.98 Å². The van der Waals surface area contributed by atoms with Crippen molar-refractivity contribution < 1.29 is 24.2 Å². The van der Waals surface area contributed by atoms with Crippen LogP contribution in [-0.2, 0) is 9.59 Å². The summed E-state index contributed by atoms with van der Waals surface area (Å²) in [5.74, 6) is -0.0511. The maximum absolute atomic E-state index is 12.4. The molecule has 2 aromatic rings. The molecule has 1 N–H and O–H groups in total. The van der Waals surface area contributed by atoms with E-state index in [4.69, 9.17) is 14.6 Å². The number of ether oxygens (including phenoxy) is 2. The van der Waals surface area contributed by atoms with Gasteiger partial charge in [0.2, 0.25) is 5.88 Å². The van der Waals surface area contributed by atoms with Crippen molar-refractivity contribution in [1.82, 2.24) is 9.88 Å². The summed E-state index contributed by atoms with van der Waals surface area (Å²) in [6, 6.07) is 12.4. The van der Waals surface area contributed by atoms with Crippen molar-refractivity contribution in [2.24, 2.45) is 5.92 Å². The number of hydrogen-bond acceptors (Lipinski definition) is 5. The summed E-state index contributed by atoms with van der Waals surface area (Å²) in [7, 11) is 0. The first-order chi connectivity index (χ1) is 13.0. The van der Waals surface area contributed by atoms with Crippen LogP contribution < -0.4 is 9.47 Å². The first kappa shape index (κ1) is 18.7. The monoisotopic (exact) mass is 370 g/mol. The lowest BCUT2D eigenvalue weighted by molar-refractivity contribution is -0.143. The molecule has 0 bridgehead atoms. The van der Waals surface area contributed by atoms with Gasteiger partial charge in [0.25, 0.3) is 5.91 Å². The number of carbonyl (C=O) groups excluding carboxylic acids is 1. The largest absolute Gasteiger partial charge is 0.484 e. The van der Waals surface area contributed by atoms with Gasteiger partial charge in [-0.2, -0.15) is 0 Å². The summed E-state index contributed by atoms with van der Waals surface area (Å²) >= 11 is 0. The van der Waals surface area contributed by atoms with Crippen LogP contribution >= 0.6 is 0 Å². The van der Waals surface area contributed by atoms with Gasteiger partial charge in [0, 0.05) is 24.8 Å². The van der Waals surface area contributed by atoms with Gasteiger partial charge in [-0.3, -0.25) is 9.59 Å². The van der Waals surface area contributed by atoms with Crippen molar-refractivity contribution >= 4 is 11.9 Å². The summed E-state index contributed by atoms with van der Waals surface area (Å²) in [4.78, 5) is 29.2. The van der Waals surface area contributed by atoms with Gasteiger partial charge in [-0.25, -0.2) is 4.98 Å². The Kier molecular flexibility index (Phi) is 5.90. The van der Waals surface area contributed by atoms with E-state index in [1.807, 2.05) is 12.1 Å². The molecule has 0 saturated heterocycles. The fraction of sp³-hybridized carbons (Fsp3) is 0.350. The van der Waals surface area contributed by atoms with Crippen LogP contribution in [0.1, 0.15) is 19.8 Å². The third-order valence-corrected chi connectivity index (χ3v) is 4.25. The zero-order valence-electron chi connectivity index (χ0n) is 15.1. The number of amides is 1. The Hall–Kier alpha value is -3.09. The molecule has 3 rings (SSSR count). The lowest BCUT2D eigenvalue weighted by Gasteiger charge is -2.24. The fourth-order valence-corrected chi connectivity index (χ4v) is 2.57. The molecule has 1 aliphatic carbocycles. The Balaban J connectivity index is 1.52. The highest BCUT2D eigenvalue weighted by Crippen LogP contribution is 2.28. The van der Waals surface area contributed by atoms with Gasteiger partial charge in [-0.15, -0.1) is 0 Å². The Morgan fingerprint density at radius 2 is 1.89 bits per heavy atom. The smallest absolute Gasteiger partial charge is 0.308 e. The highest BCUT2D eigenvalue weighted by molar-refractivity contribution is 5.79. The highest BCUT2D eigenvalue weighted by Gasteiger charge is 2.34. The summed E-state index contributed by atoms with van der Waals surface area (Å²) in [5.41, 5.74) is 0. The molecule has 1 unspecified atom stereocenters. The van der Waals surface area contributed by atoms with Crippen LogP contribution in [0.3, 0.4) is 0 Å². The number of aliphatic carboxylic acids is 1. The van der Waals surface area contributed by atoms with Crippen LogP contribution in [0.5, 0.6) is 17.4 Å². The predicted molar refractivity (Wildman–Crippen MR) is 97.8 cm³/mol. The van der Waals surface area contributed by atoms with Crippen molar-refractivity contribution in [2.45, 2.75) is 25.8 Å². The molecule has 1 saturated carbocycles. The summed E-state index contributed by atoms with van der Waals surface area (Å²) < 4.78 is 11.2. The van der Waals surface area contributed by atoms with Crippen LogP contribution in [-0.4, -0.2) is 46.1 Å². The van der Waals surface area contributed by atoms with Gasteiger partial charge in [0.05, 0.1) is 5.92 Å². The number of pyridine rings is 1. The molecule has 7 nitrogen and oxygen atoms in total. The second kappa shape index (κ2) is 8.53. The molecule has 0 radical (unpaired) electrons. The predicted octanol–water partition coefficient (Wildman–Crippen LogP) is 2.96. The number of nitrogens with zero attached hydrogens (tertiary/aromatic N) is 2. The van der Waals surface area contributed by atoms with Crippen molar-refractivity contribution in [1.29, 1.82) is 0 Å². The third kappa shape index (κ3) is 5.44. The summed E-state index contributed by atoms with van der Waals surface area (Å²) in [6.45, 7) is 1.69. The molecule has 1 aliphatic rings. The molecule has 0 aliphatic heterocycles.